The fraction of sp³-hybridized carbons (Fsp3) is 0.372. The largest absolute Gasteiger partial charge is 0.371 e. The van der Waals surface area contributed by atoms with Crippen molar-refractivity contribution in [1.29, 1.82) is 0 Å². The molecule has 5 aromatic rings. The second kappa shape index (κ2) is 13.6. The van der Waals surface area contributed by atoms with E-state index in [-0.39, 0.29) is 18.7 Å². The topological polar surface area (TPSA) is 108 Å². The summed E-state index contributed by atoms with van der Waals surface area (Å²) >= 11 is 0. The summed E-state index contributed by atoms with van der Waals surface area (Å²) in [6.07, 6.45) is 7.95. The fourth-order valence-corrected chi connectivity index (χ4v) is 9.11. The molecular formula is C43H44N6O4. The molecule has 1 N–H and O–H groups in total. The van der Waals surface area contributed by atoms with Crippen molar-refractivity contribution < 1.29 is 19.2 Å². The van der Waals surface area contributed by atoms with E-state index >= 15 is 0 Å². The number of carbonyl (C=O) groups excluding carboxylic acids is 4. The van der Waals surface area contributed by atoms with Gasteiger partial charge >= 0.3 is 0 Å². The van der Waals surface area contributed by atoms with Crippen molar-refractivity contribution in [2.45, 2.75) is 56.9 Å². The third-order valence-corrected chi connectivity index (χ3v) is 12.3. The highest BCUT2D eigenvalue weighted by atomic mass is 16.2. The smallest absolute Gasteiger partial charge is 0.262 e. The number of rotatable bonds is 7. The molecule has 9 rings (SSSR count). The minimum atomic E-state index is -0.947. The predicted molar refractivity (Wildman–Crippen MR) is 205 cm³/mol. The Morgan fingerprint density at radius 2 is 1.49 bits per heavy atom. The molecule has 10 heteroatoms. The third-order valence-electron chi connectivity index (χ3n) is 12.3. The van der Waals surface area contributed by atoms with Gasteiger partial charge in [-0.1, -0.05) is 36.4 Å². The molecule has 0 bridgehead atoms. The van der Waals surface area contributed by atoms with Crippen LogP contribution in [0.2, 0.25) is 0 Å². The quantitative estimate of drug-likeness (QED) is 0.198. The number of aryl methyl sites for hydroxylation is 1. The van der Waals surface area contributed by atoms with Gasteiger partial charge in [0, 0.05) is 77.4 Å². The van der Waals surface area contributed by atoms with Crippen molar-refractivity contribution in [2.75, 3.05) is 37.6 Å². The lowest BCUT2D eigenvalue weighted by atomic mass is 9.90. The summed E-state index contributed by atoms with van der Waals surface area (Å²) < 4.78 is 2.28. The van der Waals surface area contributed by atoms with Crippen LogP contribution in [-0.4, -0.2) is 81.7 Å². The van der Waals surface area contributed by atoms with E-state index in [1.807, 2.05) is 12.3 Å². The number of nitrogens with one attached hydrogen (secondary N) is 1. The van der Waals surface area contributed by atoms with Crippen molar-refractivity contribution >= 4 is 51.1 Å². The van der Waals surface area contributed by atoms with Crippen LogP contribution >= 0.6 is 0 Å². The number of para-hydroxylation sites is 1. The molecule has 4 aliphatic heterocycles. The minimum Gasteiger partial charge on any atom is -0.371 e. The number of benzene rings is 3. The van der Waals surface area contributed by atoms with Crippen LogP contribution in [0.25, 0.3) is 32.9 Å². The van der Waals surface area contributed by atoms with Gasteiger partial charge in [0.1, 0.15) is 6.04 Å². The zero-order chi connectivity index (χ0) is 36.2. The van der Waals surface area contributed by atoms with E-state index in [4.69, 9.17) is 4.98 Å². The fourth-order valence-electron chi connectivity index (χ4n) is 9.11. The summed E-state index contributed by atoms with van der Waals surface area (Å²) in [5, 5.41) is 4.83. The van der Waals surface area contributed by atoms with E-state index in [2.05, 4.69) is 81.3 Å². The molecule has 4 amide bonds. The van der Waals surface area contributed by atoms with Crippen LogP contribution in [0.5, 0.6) is 0 Å². The van der Waals surface area contributed by atoms with Crippen LogP contribution in [0, 0.1) is 5.92 Å². The van der Waals surface area contributed by atoms with Crippen molar-refractivity contribution in [3.05, 3.63) is 95.8 Å². The molecule has 0 radical (unpaired) electrons. The summed E-state index contributed by atoms with van der Waals surface area (Å²) in [5.74, 6) is -0.727. The Kier molecular flexibility index (Phi) is 8.57. The van der Waals surface area contributed by atoms with Crippen LogP contribution < -0.4 is 10.2 Å². The van der Waals surface area contributed by atoms with E-state index in [1.54, 1.807) is 12.1 Å². The molecule has 3 saturated heterocycles. The number of aromatic nitrogens is 2. The molecule has 1 unspecified atom stereocenters. The van der Waals surface area contributed by atoms with Crippen molar-refractivity contribution in [1.82, 2.24) is 24.7 Å². The monoisotopic (exact) mass is 708 g/mol. The lowest BCUT2D eigenvalue weighted by Crippen LogP contribution is -2.54. The molecule has 3 aromatic carbocycles. The summed E-state index contributed by atoms with van der Waals surface area (Å²) in [7, 11) is 2.14. The Bertz CT molecular complexity index is 2260. The number of imide groups is 2. The zero-order valence-electron chi connectivity index (χ0n) is 30.1. The SMILES string of the molecule is Cn1c2ccccc2c2ccc(-c3ccc(C4CCN(CCC5CCN(c6ccc7c(c6)C(=O)N(C6CCC(=O)NC6=O)C7=O)CC5)CC4)nc3)cc21. The van der Waals surface area contributed by atoms with Crippen LogP contribution in [0.15, 0.2) is 79.0 Å². The second-order valence-electron chi connectivity index (χ2n) is 15.3. The van der Waals surface area contributed by atoms with Gasteiger partial charge in [0.05, 0.1) is 11.1 Å². The molecule has 53 heavy (non-hydrogen) atoms. The molecule has 0 saturated carbocycles. The van der Waals surface area contributed by atoms with Crippen LogP contribution in [0.4, 0.5) is 5.69 Å². The third kappa shape index (κ3) is 6.08. The number of likely N-dealkylation sites (tertiary alicyclic amines) is 1. The van der Waals surface area contributed by atoms with Gasteiger partial charge in [0.15, 0.2) is 0 Å². The highest BCUT2D eigenvalue weighted by molar-refractivity contribution is 6.23. The first-order chi connectivity index (χ1) is 25.8. The average molecular weight is 709 g/mol. The zero-order valence-corrected chi connectivity index (χ0v) is 30.1. The van der Waals surface area contributed by atoms with Crippen molar-refractivity contribution in [3.63, 3.8) is 0 Å². The molecule has 0 spiro atoms. The normalized spacial score (nSPS) is 20.5. The summed E-state index contributed by atoms with van der Waals surface area (Å²) in [6.45, 7) is 5.13. The predicted octanol–water partition coefficient (Wildman–Crippen LogP) is 6.28. The number of hydrogen-bond donors (Lipinski definition) is 1. The van der Waals surface area contributed by atoms with E-state index in [9.17, 15) is 19.2 Å². The van der Waals surface area contributed by atoms with Crippen molar-refractivity contribution in [2.24, 2.45) is 13.0 Å². The van der Waals surface area contributed by atoms with Gasteiger partial charge in [0.2, 0.25) is 11.8 Å². The summed E-state index contributed by atoms with van der Waals surface area (Å²) in [5.41, 5.74) is 7.64. The molecular weight excluding hydrogens is 665 g/mol. The van der Waals surface area contributed by atoms with Gasteiger partial charge in [-0.25, -0.2) is 0 Å². The molecule has 270 valence electrons. The van der Waals surface area contributed by atoms with Crippen LogP contribution in [-0.2, 0) is 16.6 Å². The number of anilines is 1. The number of piperidine rings is 3. The van der Waals surface area contributed by atoms with Gasteiger partial charge < -0.3 is 14.4 Å². The Labute approximate surface area is 308 Å². The number of nitrogens with zero attached hydrogens (tertiary/aromatic N) is 5. The first kappa shape index (κ1) is 33.5. The van der Waals surface area contributed by atoms with Gasteiger partial charge in [-0.2, -0.15) is 0 Å². The lowest BCUT2D eigenvalue weighted by molar-refractivity contribution is -0.136. The summed E-state index contributed by atoms with van der Waals surface area (Å²) in [4.78, 5) is 61.3. The molecule has 6 heterocycles. The number of pyridine rings is 1. The molecule has 2 aromatic heterocycles. The lowest BCUT2D eigenvalue weighted by Gasteiger charge is -2.36. The average Bonchev–Trinajstić information content (AvgIpc) is 3.62. The number of carbonyl (C=O) groups is 4. The molecule has 0 aliphatic carbocycles. The molecule has 4 aliphatic rings. The minimum absolute atomic E-state index is 0.111. The maximum absolute atomic E-state index is 13.3. The maximum atomic E-state index is 13.3. The Morgan fingerprint density at radius 3 is 2.26 bits per heavy atom. The van der Waals surface area contributed by atoms with Gasteiger partial charge in [-0.05, 0) is 106 Å². The van der Waals surface area contributed by atoms with Crippen LogP contribution in [0.3, 0.4) is 0 Å². The highest BCUT2D eigenvalue weighted by Gasteiger charge is 2.44. The van der Waals surface area contributed by atoms with Gasteiger partial charge in [0.25, 0.3) is 11.8 Å². The van der Waals surface area contributed by atoms with E-state index in [0.717, 1.165) is 74.6 Å². The number of amides is 4. The Morgan fingerprint density at radius 1 is 0.736 bits per heavy atom. The van der Waals surface area contributed by atoms with Gasteiger partial charge in [-0.15, -0.1) is 0 Å². The van der Waals surface area contributed by atoms with Crippen molar-refractivity contribution in [3.8, 4) is 11.1 Å². The standard InChI is InChI=1S/C43H44N6O4/c1-46-37-5-3-2-4-32(37)33-9-6-29(24-39(33)46)30-7-11-36(44-26-30)28-17-20-47(21-18-28)19-14-27-15-22-48(23-16-27)31-8-10-34-35(25-31)43(53)49(42(34)52)38-12-13-40(50)45-41(38)51/h2-11,24-28,38H,12-23H2,1H3,(H,45,50,51). The first-order valence-electron chi connectivity index (χ1n) is 19.1. The van der Waals surface area contributed by atoms with E-state index in [0.29, 0.717) is 23.0 Å². The van der Waals surface area contributed by atoms with Gasteiger partial charge in [-0.3, -0.25) is 34.4 Å². The Balaban J connectivity index is 0.750. The molecule has 3 fully saturated rings. The Hall–Kier alpha value is -5.35. The molecule has 10 nitrogen and oxygen atoms in total. The van der Waals surface area contributed by atoms with E-state index < -0.39 is 23.8 Å². The highest BCUT2D eigenvalue weighted by Crippen LogP contribution is 2.35. The van der Waals surface area contributed by atoms with E-state index in [1.165, 1.54) is 39.5 Å². The molecule has 1 atom stereocenters. The maximum Gasteiger partial charge on any atom is 0.262 e. The number of hydrogen-bond acceptors (Lipinski definition) is 7. The second-order valence-corrected chi connectivity index (χ2v) is 15.3. The summed E-state index contributed by atoms with van der Waals surface area (Å²) in [6, 6.07) is 24.3. The first-order valence-corrected chi connectivity index (χ1v) is 19.1. The van der Waals surface area contributed by atoms with Crippen LogP contribution in [0.1, 0.15) is 77.3 Å². The number of fused-ring (bicyclic) bond motifs is 4.